The highest BCUT2D eigenvalue weighted by Crippen LogP contribution is 2.29. The van der Waals surface area contributed by atoms with Crippen LogP contribution in [-0.4, -0.2) is 42.5 Å². The number of benzene rings is 1. The number of amides is 1. The van der Waals surface area contributed by atoms with Gasteiger partial charge in [0, 0.05) is 26.1 Å². The Hall–Kier alpha value is -1.99. The fraction of sp³-hybridized carbons (Fsp3) is 0.556. The molecule has 0 saturated heterocycles. The highest BCUT2D eigenvalue weighted by molar-refractivity contribution is 5.85. The number of halogens is 1. The third-order valence-corrected chi connectivity index (χ3v) is 4.22. The molecule has 1 aromatic heterocycles. The van der Waals surface area contributed by atoms with Crippen LogP contribution in [0.2, 0.25) is 0 Å². The van der Waals surface area contributed by atoms with E-state index in [1.54, 1.807) is 20.2 Å². The van der Waals surface area contributed by atoms with Crippen LogP contribution >= 0.6 is 0 Å². The molecule has 0 aliphatic carbocycles. The second-order valence-corrected chi connectivity index (χ2v) is 6.68. The van der Waals surface area contributed by atoms with Gasteiger partial charge in [-0.15, -0.1) is 0 Å². The third-order valence-electron chi connectivity index (χ3n) is 4.22. The van der Waals surface area contributed by atoms with Crippen LogP contribution in [0.15, 0.2) is 18.2 Å². The van der Waals surface area contributed by atoms with E-state index in [0.29, 0.717) is 29.7 Å². The van der Waals surface area contributed by atoms with E-state index in [1.807, 2.05) is 26.8 Å². The number of nitrogens with one attached hydrogen (secondary N) is 2. The number of carbonyl (C=O) groups excluding carboxylic acids is 1. The summed E-state index contributed by atoms with van der Waals surface area (Å²) in [4.78, 5) is 12.7. The second kappa shape index (κ2) is 7.93. The van der Waals surface area contributed by atoms with Gasteiger partial charge in [-0.3, -0.25) is 9.48 Å². The van der Waals surface area contributed by atoms with E-state index in [0.717, 1.165) is 6.54 Å². The van der Waals surface area contributed by atoms with Crippen molar-refractivity contribution in [3.63, 3.8) is 0 Å². The van der Waals surface area contributed by atoms with Crippen molar-refractivity contribution in [3.8, 4) is 0 Å². The lowest BCUT2D eigenvalue weighted by molar-refractivity contribution is -0.128. The fourth-order valence-corrected chi connectivity index (χ4v) is 2.97. The van der Waals surface area contributed by atoms with Crippen molar-refractivity contribution >= 4 is 16.8 Å². The smallest absolute Gasteiger partial charge is 0.227 e. The van der Waals surface area contributed by atoms with Crippen LogP contribution in [0.1, 0.15) is 26.5 Å². The Balaban J connectivity index is 2.29. The maximum Gasteiger partial charge on any atom is 0.227 e. The average molecular weight is 350 g/mol. The van der Waals surface area contributed by atoms with E-state index in [-0.39, 0.29) is 17.6 Å². The van der Waals surface area contributed by atoms with Crippen molar-refractivity contribution in [1.82, 2.24) is 20.4 Å². The molecular formula is C18H27FN4O2. The van der Waals surface area contributed by atoms with Gasteiger partial charge < -0.3 is 15.4 Å². The number of para-hydroxylation sites is 1. The van der Waals surface area contributed by atoms with E-state index in [2.05, 4.69) is 15.7 Å². The number of hydrogen-bond acceptors (Lipinski definition) is 4. The van der Waals surface area contributed by atoms with Crippen molar-refractivity contribution in [2.24, 2.45) is 13.0 Å². The van der Waals surface area contributed by atoms with Crippen LogP contribution in [0.3, 0.4) is 0 Å². The molecule has 6 nitrogen and oxygen atoms in total. The fourth-order valence-electron chi connectivity index (χ4n) is 2.97. The van der Waals surface area contributed by atoms with Gasteiger partial charge >= 0.3 is 0 Å². The lowest BCUT2D eigenvalue weighted by Gasteiger charge is -2.27. The Bertz CT molecular complexity index is 742. The number of nitrogens with zero attached hydrogens (tertiary/aromatic N) is 2. The molecule has 1 amide bonds. The van der Waals surface area contributed by atoms with E-state index in [4.69, 9.17) is 4.74 Å². The molecule has 0 saturated carbocycles. The van der Waals surface area contributed by atoms with Gasteiger partial charge in [0.15, 0.2) is 0 Å². The van der Waals surface area contributed by atoms with Gasteiger partial charge in [0.05, 0.1) is 23.8 Å². The summed E-state index contributed by atoms with van der Waals surface area (Å²) in [5, 5.41) is 11.4. The van der Waals surface area contributed by atoms with E-state index >= 15 is 0 Å². The summed E-state index contributed by atoms with van der Waals surface area (Å²) in [6.07, 6.45) is 0. The maximum absolute atomic E-state index is 14.1. The molecular weight excluding hydrogens is 323 g/mol. The number of aryl methyl sites for hydroxylation is 1. The normalized spacial score (nSPS) is 13.2. The van der Waals surface area contributed by atoms with Gasteiger partial charge in [-0.05, 0) is 26.5 Å². The lowest BCUT2D eigenvalue weighted by Crippen LogP contribution is -2.47. The first kappa shape index (κ1) is 19.3. The molecule has 25 heavy (non-hydrogen) atoms. The third kappa shape index (κ3) is 4.16. The molecule has 0 aliphatic heterocycles. The highest BCUT2D eigenvalue weighted by Gasteiger charge is 2.31. The Labute approximate surface area is 147 Å². The predicted octanol–water partition coefficient (Wildman–Crippen LogP) is 1.94. The van der Waals surface area contributed by atoms with Gasteiger partial charge in [0.1, 0.15) is 11.3 Å². The minimum Gasteiger partial charge on any atom is -0.384 e. The Morgan fingerprint density at radius 1 is 1.44 bits per heavy atom. The van der Waals surface area contributed by atoms with Crippen molar-refractivity contribution in [3.05, 3.63) is 29.7 Å². The molecule has 1 unspecified atom stereocenters. The van der Waals surface area contributed by atoms with Crippen LogP contribution in [0.25, 0.3) is 10.9 Å². The van der Waals surface area contributed by atoms with E-state index in [1.165, 1.54) is 10.7 Å². The molecule has 2 N–H and O–H groups in total. The first-order valence-electron chi connectivity index (χ1n) is 8.45. The minimum absolute atomic E-state index is 0.122. The number of fused-ring (bicyclic) bond motifs is 1. The zero-order valence-electron chi connectivity index (χ0n) is 15.5. The van der Waals surface area contributed by atoms with E-state index < -0.39 is 5.54 Å². The molecule has 0 aliphatic rings. The Kier molecular flexibility index (Phi) is 6.13. The Morgan fingerprint density at radius 3 is 2.80 bits per heavy atom. The Morgan fingerprint density at radius 2 is 2.16 bits per heavy atom. The number of methoxy groups -OCH3 is 1. The summed E-state index contributed by atoms with van der Waals surface area (Å²) in [6, 6.07) is 4.88. The van der Waals surface area contributed by atoms with Gasteiger partial charge in [-0.25, -0.2) is 4.39 Å². The molecule has 0 radical (unpaired) electrons. The standard InChI is InChI=1S/C18H27FN4O2/c1-6-20-10-12(11-25-5)17(24)21-18(2,3)16-13-8-7-9-14(19)15(13)23(4)22-16/h7-9,12,20H,6,10-11H2,1-5H3,(H,21,24). The lowest BCUT2D eigenvalue weighted by atomic mass is 9.95. The van der Waals surface area contributed by atoms with Crippen LogP contribution < -0.4 is 10.6 Å². The average Bonchev–Trinajstić information content (AvgIpc) is 2.90. The van der Waals surface area contributed by atoms with Gasteiger partial charge in [0.25, 0.3) is 0 Å². The molecule has 1 heterocycles. The summed E-state index contributed by atoms with van der Waals surface area (Å²) < 4.78 is 20.8. The number of hydrogen-bond donors (Lipinski definition) is 2. The predicted molar refractivity (Wildman–Crippen MR) is 95.8 cm³/mol. The van der Waals surface area contributed by atoms with Gasteiger partial charge in [-0.1, -0.05) is 19.1 Å². The van der Waals surface area contributed by atoms with Crippen LogP contribution in [-0.2, 0) is 22.1 Å². The topological polar surface area (TPSA) is 68.2 Å². The highest BCUT2D eigenvalue weighted by atomic mass is 19.1. The maximum atomic E-state index is 14.1. The zero-order chi connectivity index (χ0) is 18.6. The first-order chi connectivity index (χ1) is 11.8. The molecule has 0 spiro atoms. The van der Waals surface area contributed by atoms with Crippen LogP contribution in [0.4, 0.5) is 4.39 Å². The molecule has 0 bridgehead atoms. The van der Waals surface area contributed by atoms with E-state index in [9.17, 15) is 9.18 Å². The molecule has 2 rings (SSSR count). The summed E-state index contributed by atoms with van der Waals surface area (Å²) in [7, 11) is 3.28. The molecule has 0 fully saturated rings. The first-order valence-corrected chi connectivity index (χ1v) is 8.45. The summed E-state index contributed by atoms with van der Waals surface area (Å²) in [6.45, 7) is 7.36. The number of rotatable bonds is 8. The largest absolute Gasteiger partial charge is 0.384 e. The summed E-state index contributed by atoms with van der Waals surface area (Å²) in [5.41, 5.74) is 0.321. The van der Waals surface area contributed by atoms with Crippen molar-refractivity contribution in [1.29, 1.82) is 0 Å². The summed E-state index contributed by atoms with van der Waals surface area (Å²) >= 11 is 0. The van der Waals surface area contributed by atoms with Crippen LogP contribution in [0, 0.1) is 11.7 Å². The molecule has 1 aromatic carbocycles. The quantitative estimate of drug-likeness (QED) is 0.763. The summed E-state index contributed by atoms with van der Waals surface area (Å²) in [5.74, 6) is -0.760. The van der Waals surface area contributed by atoms with Crippen molar-refractivity contribution < 1.29 is 13.9 Å². The molecule has 138 valence electrons. The monoisotopic (exact) mass is 350 g/mol. The molecule has 7 heteroatoms. The number of carbonyl (C=O) groups is 1. The zero-order valence-corrected chi connectivity index (χ0v) is 15.5. The minimum atomic E-state index is -0.747. The molecule has 2 aromatic rings. The van der Waals surface area contributed by atoms with Gasteiger partial charge in [0.2, 0.25) is 5.91 Å². The number of ether oxygens (including phenoxy) is 1. The number of aromatic nitrogens is 2. The SMILES string of the molecule is CCNCC(COC)C(=O)NC(C)(C)c1nn(C)c2c(F)cccc12. The van der Waals surface area contributed by atoms with Crippen molar-refractivity contribution in [2.45, 2.75) is 26.3 Å². The van der Waals surface area contributed by atoms with Gasteiger partial charge in [-0.2, -0.15) is 5.10 Å². The van der Waals surface area contributed by atoms with Crippen molar-refractivity contribution in [2.75, 3.05) is 26.8 Å². The second-order valence-electron chi connectivity index (χ2n) is 6.68. The molecule has 1 atom stereocenters. The van der Waals surface area contributed by atoms with Crippen LogP contribution in [0.5, 0.6) is 0 Å².